The zero-order valence-electron chi connectivity index (χ0n) is 14.1. The zero-order chi connectivity index (χ0) is 19.6. The lowest BCUT2D eigenvalue weighted by atomic mass is 10.1. The quantitative estimate of drug-likeness (QED) is 0.223. The maximum Gasteiger partial charge on any atom is 0.338 e. The Bertz CT molecular complexity index is 1140. The van der Waals surface area contributed by atoms with Gasteiger partial charge < -0.3 is 4.74 Å². The maximum atomic E-state index is 12.2. The number of hydrogen-bond acceptors (Lipinski definition) is 5. The fraction of sp³-hybridized carbons (Fsp3) is 0.0500. The molecule has 0 radical (unpaired) electrons. The molecule has 0 spiro atoms. The average molecular weight is 415 g/mol. The first-order valence-electron chi connectivity index (χ1n) is 7.74. The second-order valence-corrected chi connectivity index (χ2v) is 7.47. The van der Waals surface area contributed by atoms with E-state index >= 15 is 0 Å². The Labute approximate surface area is 169 Å². The number of nitrogens with zero attached hydrogens (tertiary/aromatic N) is 2. The van der Waals surface area contributed by atoms with Crippen LogP contribution in [0.15, 0.2) is 54.6 Å². The van der Waals surface area contributed by atoms with Crippen molar-refractivity contribution in [1.82, 2.24) is 4.98 Å². The van der Waals surface area contributed by atoms with Crippen LogP contribution in [0, 0.1) is 11.3 Å². The van der Waals surface area contributed by atoms with E-state index in [-0.39, 0.29) is 16.9 Å². The molecule has 0 amide bonds. The van der Waals surface area contributed by atoms with Crippen LogP contribution in [-0.4, -0.2) is 11.0 Å². The number of hydrogen-bond donors (Lipinski definition) is 0. The van der Waals surface area contributed by atoms with E-state index in [9.17, 15) is 10.1 Å². The van der Waals surface area contributed by atoms with E-state index in [0.717, 1.165) is 4.70 Å². The van der Waals surface area contributed by atoms with Gasteiger partial charge in [-0.05, 0) is 37.3 Å². The molecule has 0 saturated carbocycles. The van der Waals surface area contributed by atoms with Crippen LogP contribution in [0.25, 0.3) is 21.5 Å². The van der Waals surface area contributed by atoms with Crippen LogP contribution in [0.4, 0.5) is 0 Å². The Morgan fingerprint density at radius 3 is 2.67 bits per heavy atom. The summed E-state index contributed by atoms with van der Waals surface area (Å²) >= 11 is 13.6. The lowest BCUT2D eigenvalue weighted by molar-refractivity contribution is -0.132. The average Bonchev–Trinajstić information content (AvgIpc) is 3.04. The molecule has 0 aliphatic heterocycles. The number of benzene rings is 2. The highest BCUT2D eigenvalue weighted by Crippen LogP contribution is 2.35. The minimum Gasteiger partial charge on any atom is -0.421 e. The summed E-state index contributed by atoms with van der Waals surface area (Å²) in [4.78, 5) is 16.6. The standard InChI is InChI=1S/C20H12Cl2N2O2S/c1-11(2)20(25)26-18(13-5-3-4-6-15(13)22)14(10-23)19-24-16-9-12(21)7-8-17(16)27-19/h3-9H,1H2,2H3. The molecule has 1 aromatic heterocycles. The van der Waals surface area contributed by atoms with E-state index in [1.807, 2.05) is 6.07 Å². The van der Waals surface area contributed by atoms with Gasteiger partial charge in [-0.2, -0.15) is 5.26 Å². The number of fused-ring (bicyclic) bond motifs is 1. The fourth-order valence-electron chi connectivity index (χ4n) is 2.27. The lowest BCUT2D eigenvalue weighted by Crippen LogP contribution is -2.06. The molecule has 0 aliphatic carbocycles. The SMILES string of the molecule is C=C(C)C(=O)OC(=C(C#N)c1nc2cc(Cl)ccc2s1)c1ccccc1Cl. The number of thiazole rings is 1. The lowest BCUT2D eigenvalue weighted by Gasteiger charge is -2.12. The molecule has 0 saturated heterocycles. The van der Waals surface area contributed by atoms with Gasteiger partial charge in [-0.1, -0.05) is 41.9 Å². The largest absolute Gasteiger partial charge is 0.421 e. The number of carbonyl (C=O) groups is 1. The van der Waals surface area contributed by atoms with Gasteiger partial charge in [0.15, 0.2) is 5.76 Å². The maximum absolute atomic E-state index is 12.2. The van der Waals surface area contributed by atoms with E-state index in [2.05, 4.69) is 17.6 Å². The van der Waals surface area contributed by atoms with Crippen molar-refractivity contribution in [2.45, 2.75) is 6.92 Å². The van der Waals surface area contributed by atoms with E-state index in [1.165, 1.54) is 18.3 Å². The van der Waals surface area contributed by atoms with Crippen molar-refractivity contribution in [2.75, 3.05) is 0 Å². The molecule has 0 bridgehead atoms. The molecular weight excluding hydrogens is 403 g/mol. The number of aromatic nitrogens is 1. The topological polar surface area (TPSA) is 63.0 Å². The summed E-state index contributed by atoms with van der Waals surface area (Å²) in [6, 6.07) is 14.2. The van der Waals surface area contributed by atoms with Gasteiger partial charge in [-0.3, -0.25) is 0 Å². The smallest absolute Gasteiger partial charge is 0.338 e. The zero-order valence-corrected chi connectivity index (χ0v) is 16.5. The van der Waals surface area contributed by atoms with Gasteiger partial charge in [-0.15, -0.1) is 11.3 Å². The van der Waals surface area contributed by atoms with Crippen LogP contribution in [0.2, 0.25) is 10.0 Å². The number of allylic oxidation sites excluding steroid dienone is 1. The highest BCUT2D eigenvalue weighted by Gasteiger charge is 2.22. The van der Waals surface area contributed by atoms with E-state index in [4.69, 9.17) is 27.9 Å². The minimum atomic E-state index is -0.651. The van der Waals surface area contributed by atoms with Gasteiger partial charge in [0.2, 0.25) is 0 Å². The van der Waals surface area contributed by atoms with Gasteiger partial charge >= 0.3 is 5.97 Å². The summed E-state index contributed by atoms with van der Waals surface area (Å²) in [6.45, 7) is 5.11. The molecule has 0 N–H and O–H groups in total. The number of esters is 1. The highest BCUT2D eigenvalue weighted by molar-refractivity contribution is 7.19. The van der Waals surface area contributed by atoms with Crippen molar-refractivity contribution in [3.63, 3.8) is 0 Å². The summed E-state index contributed by atoms with van der Waals surface area (Å²) < 4.78 is 6.33. The molecule has 134 valence electrons. The first-order chi connectivity index (χ1) is 12.9. The van der Waals surface area contributed by atoms with E-state index in [0.29, 0.717) is 26.1 Å². The predicted octanol–water partition coefficient (Wildman–Crippen LogP) is 6.11. The molecule has 3 aromatic rings. The van der Waals surface area contributed by atoms with Gasteiger partial charge in [0, 0.05) is 16.2 Å². The predicted molar refractivity (Wildman–Crippen MR) is 109 cm³/mol. The summed E-state index contributed by atoms with van der Waals surface area (Å²) in [5.41, 5.74) is 1.38. The van der Waals surface area contributed by atoms with E-state index < -0.39 is 5.97 Å². The Morgan fingerprint density at radius 1 is 1.26 bits per heavy atom. The molecule has 0 unspecified atom stereocenters. The summed E-state index contributed by atoms with van der Waals surface area (Å²) in [6.07, 6.45) is 0. The molecule has 0 atom stereocenters. The molecule has 7 heteroatoms. The van der Waals surface area contributed by atoms with Crippen LogP contribution >= 0.6 is 34.5 Å². The molecular formula is C20H12Cl2N2O2S. The number of nitriles is 1. The summed E-state index contributed by atoms with van der Waals surface area (Å²) in [7, 11) is 0. The number of rotatable bonds is 4. The molecule has 1 heterocycles. The molecule has 27 heavy (non-hydrogen) atoms. The second kappa shape index (κ2) is 7.93. The van der Waals surface area contributed by atoms with Crippen LogP contribution in [0.5, 0.6) is 0 Å². The third kappa shape index (κ3) is 4.04. The van der Waals surface area contributed by atoms with E-state index in [1.54, 1.807) is 36.4 Å². The van der Waals surface area contributed by atoms with Crippen molar-refractivity contribution in [3.8, 4) is 6.07 Å². The van der Waals surface area contributed by atoms with Gasteiger partial charge in [-0.25, -0.2) is 9.78 Å². The first-order valence-corrected chi connectivity index (χ1v) is 9.31. The fourth-order valence-corrected chi connectivity index (χ4v) is 3.59. The number of halogens is 2. The number of carbonyl (C=O) groups excluding carboxylic acids is 1. The van der Waals surface area contributed by atoms with Crippen molar-refractivity contribution in [1.29, 1.82) is 5.26 Å². The molecule has 0 aliphatic rings. The normalized spacial score (nSPS) is 11.6. The number of ether oxygens (including phenoxy) is 1. The Hall–Kier alpha value is -2.65. The van der Waals surface area contributed by atoms with Gasteiger partial charge in [0.1, 0.15) is 16.6 Å². The molecule has 4 nitrogen and oxygen atoms in total. The van der Waals surface area contributed by atoms with Crippen molar-refractivity contribution in [2.24, 2.45) is 0 Å². The van der Waals surface area contributed by atoms with Crippen molar-refractivity contribution >= 4 is 62.1 Å². The minimum absolute atomic E-state index is 0.0428. The van der Waals surface area contributed by atoms with Crippen LogP contribution in [0.3, 0.4) is 0 Å². The Morgan fingerprint density at radius 2 is 2.00 bits per heavy atom. The third-order valence-electron chi connectivity index (χ3n) is 3.56. The van der Waals surface area contributed by atoms with Crippen LogP contribution in [-0.2, 0) is 9.53 Å². The second-order valence-electron chi connectivity index (χ2n) is 5.60. The van der Waals surface area contributed by atoms with Crippen molar-refractivity contribution < 1.29 is 9.53 Å². The third-order valence-corrected chi connectivity index (χ3v) is 5.18. The molecule has 0 fully saturated rings. The van der Waals surface area contributed by atoms with Gasteiger partial charge in [0.25, 0.3) is 0 Å². The highest BCUT2D eigenvalue weighted by atomic mass is 35.5. The Kier molecular flexibility index (Phi) is 5.62. The molecule has 3 rings (SSSR count). The van der Waals surface area contributed by atoms with Crippen LogP contribution < -0.4 is 0 Å². The monoisotopic (exact) mass is 414 g/mol. The van der Waals surface area contributed by atoms with Crippen molar-refractivity contribution in [3.05, 3.63) is 75.2 Å². The van der Waals surface area contributed by atoms with Crippen LogP contribution in [0.1, 0.15) is 17.5 Å². The summed E-state index contributed by atoms with van der Waals surface area (Å²) in [5, 5.41) is 11.1. The Balaban J connectivity index is 2.25. The first kappa shape index (κ1) is 19.1. The molecule has 2 aromatic carbocycles. The van der Waals surface area contributed by atoms with Gasteiger partial charge in [0.05, 0.1) is 15.2 Å². The summed E-state index contributed by atoms with van der Waals surface area (Å²) in [5.74, 6) is -0.608.